The van der Waals surface area contributed by atoms with Crippen LogP contribution < -0.4 is 0 Å². The molecule has 0 spiro atoms. The summed E-state index contributed by atoms with van der Waals surface area (Å²) in [5.41, 5.74) is -0.539. The Balaban J connectivity index is 4.07. The largest absolute Gasteiger partial charge is 0.481 e. The van der Waals surface area contributed by atoms with E-state index in [-0.39, 0.29) is 11.8 Å². The maximum absolute atomic E-state index is 11.7. The molecule has 0 aliphatic carbocycles. The Bertz CT molecular complexity index is 248. The van der Waals surface area contributed by atoms with Crippen molar-refractivity contribution < 1.29 is 9.90 Å². The number of carboxylic acid groups (broad SMARTS) is 1. The van der Waals surface area contributed by atoms with E-state index >= 15 is 0 Å². The van der Waals surface area contributed by atoms with Crippen LogP contribution in [-0.4, -0.2) is 11.1 Å². The molecule has 0 rings (SSSR count). The topological polar surface area (TPSA) is 37.3 Å². The summed E-state index contributed by atoms with van der Waals surface area (Å²) < 4.78 is 0. The lowest BCUT2D eigenvalue weighted by molar-refractivity contribution is -0.156. The van der Waals surface area contributed by atoms with Crippen LogP contribution in [0.3, 0.4) is 0 Å². The van der Waals surface area contributed by atoms with Gasteiger partial charge in [0.1, 0.15) is 0 Å². The zero-order chi connectivity index (χ0) is 15.6. The zero-order valence-electron chi connectivity index (χ0n) is 14.4. The van der Waals surface area contributed by atoms with Crippen molar-refractivity contribution in [3.8, 4) is 0 Å². The van der Waals surface area contributed by atoms with Crippen LogP contribution in [0.15, 0.2) is 0 Å². The van der Waals surface area contributed by atoms with Crippen molar-refractivity contribution in [1.29, 1.82) is 0 Å². The van der Waals surface area contributed by atoms with E-state index in [1.165, 1.54) is 44.9 Å². The second kappa shape index (κ2) is 10.2. The maximum atomic E-state index is 11.7. The molecule has 1 N–H and O–H groups in total. The minimum Gasteiger partial charge on any atom is -0.481 e. The van der Waals surface area contributed by atoms with Gasteiger partial charge in [-0.05, 0) is 18.3 Å². The smallest absolute Gasteiger partial charge is 0.310 e. The molecule has 0 amide bonds. The van der Waals surface area contributed by atoms with E-state index < -0.39 is 11.4 Å². The van der Waals surface area contributed by atoms with Gasteiger partial charge >= 0.3 is 5.97 Å². The molecule has 120 valence electrons. The summed E-state index contributed by atoms with van der Waals surface area (Å²) in [5.74, 6) is -0.209. The number of hydrogen-bond donors (Lipinski definition) is 1. The number of unbranched alkanes of at least 4 members (excludes halogenated alkanes) is 7. The predicted octanol–water partition coefficient (Wildman–Crippen LogP) is 5.90. The fourth-order valence-electron chi connectivity index (χ4n) is 3.40. The SMILES string of the molecule is CCCCCCCCCCC(C(=O)O)(C(C)C)C(C)C. The van der Waals surface area contributed by atoms with Crippen molar-refractivity contribution in [1.82, 2.24) is 0 Å². The van der Waals surface area contributed by atoms with Gasteiger partial charge in [0.2, 0.25) is 0 Å². The summed E-state index contributed by atoms with van der Waals surface area (Å²) in [7, 11) is 0. The number of rotatable bonds is 12. The van der Waals surface area contributed by atoms with Crippen LogP contribution in [0.4, 0.5) is 0 Å². The molecule has 0 heterocycles. The van der Waals surface area contributed by atoms with Crippen molar-refractivity contribution in [3.05, 3.63) is 0 Å². The fraction of sp³-hybridized carbons (Fsp3) is 0.944. The molecular formula is C18H36O2. The Hall–Kier alpha value is -0.530. The van der Waals surface area contributed by atoms with Crippen LogP contribution >= 0.6 is 0 Å². The van der Waals surface area contributed by atoms with Gasteiger partial charge in [0, 0.05) is 0 Å². The standard InChI is InChI=1S/C18H36O2/c1-6-7-8-9-10-11-12-13-14-18(15(2)3,16(4)5)17(19)20/h15-16H,6-14H2,1-5H3,(H,19,20). The van der Waals surface area contributed by atoms with Gasteiger partial charge < -0.3 is 5.11 Å². The Labute approximate surface area is 126 Å². The van der Waals surface area contributed by atoms with Crippen LogP contribution in [0.2, 0.25) is 0 Å². The normalized spacial score (nSPS) is 12.3. The van der Waals surface area contributed by atoms with E-state index in [1.54, 1.807) is 0 Å². The maximum Gasteiger partial charge on any atom is 0.310 e. The Morgan fingerprint density at radius 1 is 0.850 bits per heavy atom. The van der Waals surface area contributed by atoms with Gasteiger partial charge in [-0.3, -0.25) is 4.79 Å². The van der Waals surface area contributed by atoms with Crippen molar-refractivity contribution >= 4 is 5.97 Å². The predicted molar refractivity (Wildman–Crippen MR) is 87.0 cm³/mol. The molecule has 2 heteroatoms. The first-order valence-electron chi connectivity index (χ1n) is 8.63. The second-order valence-corrected chi connectivity index (χ2v) is 6.88. The summed E-state index contributed by atoms with van der Waals surface area (Å²) in [6.45, 7) is 10.5. The van der Waals surface area contributed by atoms with Crippen LogP contribution in [0, 0.1) is 17.3 Å². The Morgan fingerprint density at radius 2 is 1.25 bits per heavy atom. The van der Waals surface area contributed by atoms with Gasteiger partial charge in [0.25, 0.3) is 0 Å². The molecule has 0 fully saturated rings. The highest BCUT2D eigenvalue weighted by atomic mass is 16.4. The molecule has 0 aromatic carbocycles. The average Bonchev–Trinajstić information content (AvgIpc) is 2.35. The Morgan fingerprint density at radius 3 is 1.60 bits per heavy atom. The van der Waals surface area contributed by atoms with Crippen LogP contribution in [0.1, 0.15) is 92.4 Å². The first-order valence-corrected chi connectivity index (χ1v) is 8.63. The third-order valence-corrected chi connectivity index (χ3v) is 4.90. The fourth-order valence-corrected chi connectivity index (χ4v) is 3.40. The first kappa shape index (κ1) is 19.5. The molecule has 0 saturated carbocycles. The summed E-state index contributed by atoms with van der Waals surface area (Å²) in [6.07, 6.45) is 11.0. The number of hydrogen-bond acceptors (Lipinski definition) is 1. The molecule has 0 bridgehead atoms. The molecular weight excluding hydrogens is 248 g/mol. The molecule has 0 aliphatic rings. The van der Waals surface area contributed by atoms with E-state index in [4.69, 9.17) is 0 Å². The second-order valence-electron chi connectivity index (χ2n) is 6.88. The van der Waals surface area contributed by atoms with Gasteiger partial charge in [0.05, 0.1) is 5.41 Å². The van der Waals surface area contributed by atoms with Crippen LogP contribution in [0.5, 0.6) is 0 Å². The highest BCUT2D eigenvalue weighted by Crippen LogP contribution is 2.41. The van der Waals surface area contributed by atoms with Gasteiger partial charge in [-0.2, -0.15) is 0 Å². The number of carbonyl (C=O) groups is 1. The molecule has 0 radical (unpaired) electrons. The first-order chi connectivity index (χ1) is 9.39. The summed E-state index contributed by atoms with van der Waals surface area (Å²) in [6, 6.07) is 0. The molecule has 0 aromatic rings. The number of aliphatic carboxylic acids is 1. The molecule has 2 nitrogen and oxygen atoms in total. The van der Waals surface area contributed by atoms with Crippen molar-refractivity contribution in [2.75, 3.05) is 0 Å². The molecule has 0 aromatic heterocycles. The van der Waals surface area contributed by atoms with E-state index in [1.807, 2.05) is 0 Å². The van der Waals surface area contributed by atoms with Crippen molar-refractivity contribution in [3.63, 3.8) is 0 Å². The molecule has 20 heavy (non-hydrogen) atoms. The monoisotopic (exact) mass is 284 g/mol. The van der Waals surface area contributed by atoms with Gasteiger partial charge in [-0.15, -0.1) is 0 Å². The third-order valence-electron chi connectivity index (χ3n) is 4.90. The highest BCUT2D eigenvalue weighted by molar-refractivity contribution is 5.75. The van der Waals surface area contributed by atoms with Crippen molar-refractivity contribution in [2.24, 2.45) is 17.3 Å². The minimum atomic E-state index is -0.606. The van der Waals surface area contributed by atoms with Crippen LogP contribution in [-0.2, 0) is 4.79 Å². The molecule has 0 atom stereocenters. The average molecular weight is 284 g/mol. The lowest BCUT2D eigenvalue weighted by Gasteiger charge is -2.37. The lowest BCUT2D eigenvalue weighted by Crippen LogP contribution is -2.41. The van der Waals surface area contributed by atoms with Crippen LogP contribution in [0.25, 0.3) is 0 Å². The summed E-state index contributed by atoms with van der Waals surface area (Å²) in [5, 5.41) is 9.66. The molecule has 0 saturated heterocycles. The van der Waals surface area contributed by atoms with Gasteiger partial charge in [-0.25, -0.2) is 0 Å². The number of carboxylic acids is 1. The van der Waals surface area contributed by atoms with E-state index in [2.05, 4.69) is 34.6 Å². The Kier molecular flexibility index (Phi) is 9.96. The molecule has 0 aliphatic heterocycles. The quantitative estimate of drug-likeness (QED) is 0.453. The minimum absolute atomic E-state index is 0.199. The third kappa shape index (κ3) is 5.85. The summed E-state index contributed by atoms with van der Waals surface area (Å²) in [4.78, 5) is 11.7. The lowest BCUT2D eigenvalue weighted by atomic mass is 9.66. The molecule has 0 unspecified atom stereocenters. The van der Waals surface area contributed by atoms with E-state index in [0.29, 0.717) is 0 Å². The van der Waals surface area contributed by atoms with Gasteiger partial charge in [0.15, 0.2) is 0 Å². The highest BCUT2D eigenvalue weighted by Gasteiger charge is 2.43. The van der Waals surface area contributed by atoms with Crippen molar-refractivity contribution in [2.45, 2.75) is 92.4 Å². The van der Waals surface area contributed by atoms with Gasteiger partial charge in [-0.1, -0.05) is 86.0 Å². The van der Waals surface area contributed by atoms with E-state index in [0.717, 1.165) is 12.8 Å². The summed E-state index contributed by atoms with van der Waals surface area (Å²) >= 11 is 0. The van der Waals surface area contributed by atoms with E-state index in [9.17, 15) is 9.90 Å². The zero-order valence-corrected chi connectivity index (χ0v) is 14.4.